The zero-order chi connectivity index (χ0) is 17.2. The van der Waals surface area contributed by atoms with E-state index in [4.69, 9.17) is 0 Å². The summed E-state index contributed by atoms with van der Waals surface area (Å²) in [7, 11) is 0. The molecule has 0 radical (unpaired) electrons. The Hall–Kier alpha value is -1.62. The van der Waals surface area contributed by atoms with Crippen LogP contribution in [-0.2, 0) is 0 Å². The molecule has 2 aliphatic rings. The van der Waals surface area contributed by atoms with Gasteiger partial charge in [0.2, 0.25) is 0 Å². The maximum Gasteiger partial charge on any atom is 0.255 e. The number of aliphatic hydroxyl groups excluding tert-OH is 1. The molecule has 2 atom stereocenters. The highest BCUT2D eigenvalue weighted by Gasteiger charge is 2.63. The van der Waals surface area contributed by atoms with E-state index in [0.29, 0.717) is 30.3 Å². The van der Waals surface area contributed by atoms with E-state index in [-0.39, 0.29) is 29.1 Å². The van der Waals surface area contributed by atoms with Crippen LogP contribution in [-0.4, -0.2) is 46.4 Å². The Labute approximate surface area is 137 Å². The minimum atomic E-state index is -0.138. The number of likely N-dealkylation sites (tertiary alicyclic amines) is 1. The number of hydrogen-bond acceptors (Lipinski definition) is 3. The molecule has 23 heavy (non-hydrogen) atoms. The second kappa shape index (κ2) is 4.94. The minimum Gasteiger partial charge on any atom is -0.396 e. The van der Waals surface area contributed by atoms with E-state index in [0.717, 1.165) is 17.7 Å². The van der Waals surface area contributed by atoms with Gasteiger partial charge in [-0.1, -0.05) is 13.8 Å². The fraction of sp³-hybridized carbons (Fsp3) is 0.667. The van der Waals surface area contributed by atoms with E-state index >= 15 is 0 Å². The molecule has 5 heteroatoms. The van der Waals surface area contributed by atoms with Crippen LogP contribution < -0.4 is 0 Å². The van der Waals surface area contributed by atoms with Crippen LogP contribution in [0, 0.1) is 30.6 Å². The van der Waals surface area contributed by atoms with Crippen molar-refractivity contribution < 1.29 is 14.7 Å². The third kappa shape index (κ3) is 2.17. The maximum atomic E-state index is 13.0. The molecule has 0 aromatic carbocycles. The number of Topliss-reactive ketones (excluding diaryl/α,β-unsaturated/α-hetero) is 1. The number of nitrogens with one attached hydrogen (secondary N) is 1. The van der Waals surface area contributed by atoms with Gasteiger partial charge in [-0.15, -0.1) is 0 Å². The van der Waals surface area contributed by atoms with Gasteiger partial charge >= 0.3 is 0 Å². The fourth-order valence-electron chi connectivity index (χ4n) is 5.08. The molecule has 1 aromatic heterocycles. The van der Waals surface area contributed by atoms with Crippen LogP contribution >= 0.6 is 0 Å². The summed E-state index contributed by atoms with van der Waals surface area (Å²) in [6.45, 7) is 11.0. The first-order valence-electron chi connectivity index (χ1n) is 8.23. The monoisotopic (exact) mass is 318 g/mol. The number of hydrogen-bond donors (Lipinski definition) is 2. The van der Waals surface area contributed by atoms with Gasteiger partial charge in [0, 0.05) is 31.1 Å². The van der Waals surface area contributed by atoms with Crippen LogP contribution in [0.3, 0.4) is 0 Å². The highest BCUT2D eigenvalue weighted by molar-refractivity contribution is 6.02. The lowest BCUT2D eigenvalue weighted by molar-refractivity contribution is -0.0977. The largest absolute Gasteiger partial charge is 0.396 e. The van der Waals surface area contributed by atoms with Crippen molar-refractivity contribution in [3.8, 4) is 0 Å². The van der Waals surface area contributed by atoms with Gasteiger partial charge in [-0.25, -0.2) is 0 Å². The van der Waals surface area contributed by atoms with Crippen molar-refractivity contribution in [2.75, 3.05) is 19.7 Å². The van der Waals surface area contributed by atoms with E-state index in [2.05, 4.69) is 18.8 Å². The Morgan fingerprint density at radius 3 is 2.43 bits per heavy atom. The van der Waals surface area contributed by atoms with Crippen LogP contribution in [0.4, 0.5) is 0 Å². The molecule has 0 bridgehead atoms. The number of H-pyrrole nitrogens is 1. The number of fused-ring (bicyclic) bond motifs is 1. The highest BCUT2D eigenvalue weighted by Crippen LogP contribution is 2.62. The Kier molecular flexibility index (Phi) is 3.49. The van der Waals surface area contributed by atoms with Crippen molar-refractivity contribution in [2.24, 2.45) is 16.7 Å². The molecular formula is C18H26N2O3. The molecule has 3 rings (SSSR count). The Bertz CT molecular complexity index is 689. The summed E-state index contributed by atoms with van der Waals surface area (Å²) in [5, 5.41) is 9.85. The van der Waals surface area contributed by atoms with E-state index in [1.54, 1.807) is 0 Å². The summed E-state index contributed by atoms with van der Waals surface area (Å²) in [5.41, 5.74) is 2.64. The number of aliphatic hydroxyl groups is 1. The van der Waals surface area contributed by atoms with Gasteiger partial charge in [0.25, 0.3) is 5.91 Å². The molecule has 2 N–H and O–H groups in total. The van der Waals surface area contributed by atoms with Crippen molar-refractivity contribution in [1.82, 2.24) is 9.88 Å². The normalized spacial score (nSPS) is 28.4. The summed E-state index contributed by atoms with van der Waals surface area (Å²) < 4.78 is 0. The fourth-order valence-corrected chi connectivity index (χ4v) is 5.08. The van der Waals surface area contributed by atoms with Gasteiger partial charge in [-0.2, -0.15) is 0 Å². The van der Waals surface area contributed by atoms with E-state index < -0.39 is 0 Å². The lowest BCUT2D eigenvalue weighted by Crippen LogP contribution is -2.54. The standard InChI is InChI=1S/C18H26N2O3/c1-10-14(11(2)19-15(10)12(3)22)16(23)20-6-13-17(4,5)7-18(13,8-20)9-21/h13,19,21H,6-9H2,1-5H3/t13-,18-/m1/s1. The molecule has 2 heterocycles. The summed E-state index contributed by atoms with van der Waals surface area (Å²) in [6, 6.07) is 0. The number of aryl methyl sites for hydroxylation is 1. The van der Waals surface area contributed by atoms with Gasteiger partial charge < -0.3 is 15.0 Å². The summed E-state index contributed by atoms with van der Waals surface area (Å²) in [5.74, 6) is 0.261. The van der Waals surface area contributed by atoms with Gasteiger partial charge in [0.1, 0.15) is 0 Å². The summed E-state index contributed by atoms with van der Waals surface area (Å²) in [6.07, 6.45) is 0.953. The average Bonchev–Trinajstić information content (AvgIpc) is 2.94. The Balaban J connectivity index is 1.90. The lowest BCUT2D eigenvalue weighted by atomic mass is 9.48. The van der Waals surface area contributed by atoms with E-state index in [1.165, 1.54) is 6.92 Å². The Morgan fingerprint density at radius 1 is 1.35 bits per heavy atom. The zero-order valence-corrected chi connectivity index (χ0v) is 14.6. The molecule has 2 fully saturated rings. The number of ketones is 1. The summed E-state index contributed by atoms with van der Waals surface area (Å²) >= 11 is 0. The van der Waals surface area contributed by atoms with Crippen LogP contribution in [0.1, 0.15) is 59.3 Å². The zero-order valence-electron chi connectivity index (χ0n) is 14.6. The van der Waals surface area contributed by atoms with Crippen LogP contribution in [0.25, 0.3) is 0 Å². The number of aromatic nitrogens is 1. The van der Waals surface area contributed by atoms with E-state index in [1.807, 2.05) is 18.7 Å². The molecule has 1 aliphatic carbocycles. The van der Waals surface area contributed by atoms with Crippen molar-refractivity contribution in [2.45, 2.75) is 41.0 Å². The molecule has 0 unspecified atom stereocenters. The number of carbonyl (C=O) groups excluding carboxylic acids is 2. The molecule has 1 saturated heterocycles. The van der Waals surface area contributed by atoms with Crippen LogP contribution in [0.2, 0.25) is 0 Å². The van der Waals surface area contributed by atoms with Crippen molar-refractivity contribution >= 4 is 11.7 Å². The first-order chi connectivity index (χ1) is 10.6. The van der Waals surface area contributed by atoms with Crippen LogP contribution in [0.15, 0.2) is 0 Å². The second-order valence-corrected chi connectivity index (χ2v) is 8.11. The molecule has 126 valence electrons. The molecule has 1 amide bonds. The third-order valence-corrected chi connectivity index (χ3v) is 6.00. The predicted molar refractivity (Wildman–Crippen MR) is 87.6 cm³/mol. The molecule has 1 aromatic rings. The highest BCUT2D eigenvalue weighted by atomic mass is 16.3. The first-order valence-corrected chi connectivity index (χ1v) is 8.23. The van der Waals surface area contributed by atoms with Crippen LogP contribution in [0.5, 0.6) is 0 Å². The molecule has 5 nitrogen and oxygen atoms in total. The maximum absolute atomic E-state index is 13.0. The van der Waals surface area contributed by atoms with Crippen molar-refractivity contribution in [1.29, 1.82) is 0 Å². The van der Waals surface area contributed by atoms with E-state index in [9.17, 15) is 14.7 Å². The average molecular weight is 318 g/mol. The number of aromatic amines is 1. The van der Waals surface area contributed by atoms with Gasteiger partial charge in [-0.05, 0) is 37.2 Å². The smallest absolute Gasteiger partial charge is 0.255 e. The SMILES string of the molecule is CC(=O)c1[nH]c(C)c(C(=O)N2C[C@@H]3C(C)(C)C[C@]3(CO)C2)c1C. The van der Waals surface area contributed by atoms with Crippen molar-refractivity contribution in [3.05, 3.63) is 22.5 Å². The molecular weight excluding hydrogens is 292 g/mol. The number of carbonyl (C=O) groups is 2. The van der Waals surface area contributed by atoms with Gasteiger partial charge in [0.05, 0.1) is 17.9 Å². The number of rotatable bonds is 3. The minimum absolute atomic E-state index is 0.0261. The Morgan fingerprint density at radius 2 is 2.00 bits per heavy atom. The second-order valence-electron chi connectivity index (χ2n) is 8.11. The number of amides is 1. The number of nitrogens with zero attached hydrogens (tertiary/aromatic N) is 1. The van der Waals surface area contributed by atoms with Crippen molar-refractivity contribution in [3.63, 3.8) is 0 Å². The topological polar surface area (TPSA) is 73.4 Å². The molecule has 1 saturated carbocycles. The third-order valence-electron chi connectivity index (χ3n) is 6.00. The quantitative estimate of drug-likeness (QED) is 0.840. The first kappa shape index (κ1) is 16.2. The molecule has 1 aliphatic heterocycles. The molecule has 0 spiro atoms. The lowest BCUT2D eigenvalue weighted by Gasteiger charge is -2.55. The summed E-state index contributed by atoms with van der Waals surface area (Å²) in [4.78, 5) is 29.6. The van der Waals surface area contributed by atoms with Gasteiger partial charge in [0.15, 0.2) is 5.78 Å². The van der Waals surface area contributed by atoms with Gasteiger partial charge in [-0.3, -0.25) is 9.59 Å². The predicted octanol–water partition coefficient (Wildman–Crippen LogP) is 2.31.